The lowest BCUT2D eigenvalue weighted by Crippen LogP contribution is -2.44. The molecule has 2 saturated heterocycles. The zero-order valence-corrected chi connectivity index (χ0v) is 17.8. The SMILES string of the molecule is CN(Cc1cc(CC2CNCCC2CC(=O)N2CCOCC2)no1)c1ccccc1. The van der Waals surface area contributed by atoms with E-state index in [4.69, 9.17) is 9.26 Å². The van der Waals surface area contributed by atoms with Crippen LogP contribution >= 0.6 is 0 Å². The highest BCUT2D eigenvalue weighted by molar-refractivity contribution is 5.76. The Morgan fingerprint density at radius 2 is 2.03 bits per heavy atom. The van der Waals surface area contributed by atoms with Gasteiger partial charge in [-0.15, -0.1) is 0 Å². The van der Waals surface area contributed by atoms with Crippen molar-refractivity contribution in [1.82, 2.24) is 15.4 Å². The fourth-order valence-corrected chi connectivity index (χ4v) is 4.45. The number of morpholine rings is 1. The molecule has 4 rings (SSSR count). The largest absolute Gasteiger partial charge is 0.378 e. The molecule has 0 spiro atoms. The first-order chi connectivity index (χ1) is 14.7. The van der Waals surface area contributed by atoms with Crippen molar-refractivity contribution in [2.45, 2.75) is 25.8 Å². The van der Waals surface area contributed by atoms with Gasteiger partial charge in [0.05, 0.1) is 25.5 Å². The number of benzene rings is 1. The van der Waals surface area contributed by atoms with E-state index in [2.05, 4.69) is 40.6 Å². The lowest BCUT2D eigenvalue weighted by atomic mass is 9.81. The van der Waals surface area contributed by atoms with Crippen molar-refractivity contribution in [1.29, 1.82) is 0 Å². The minimum absolute atomic E-state index is 0.264. The van der Waals surface area contributed by atoms with Gasteiger partial charge in [0.15, 0.2) is 5.76 Å². The van der Waals surface area contributed by atoms with Crippen molar-refractivity contribution >= 4 is 11.6 Å². The molecule has 0 bridgehead atoms. The van der Waals surface area contributed by atoms with Gasteiger partial charge in [-0.3, -0.25) is 4.79 Å². The fourth-order valence-electron chi connectivity index (χ4n) is 4.45. The summed E-state index contributed by atoms with van der Waals surface area (Å²) in [5, 5.41) is 7.81. The third kappa shape index (κ3) is 5.40. The van der Waals surface area contributed by atoms with Crippen molar-refractivity contribution in [3.63, 3.8) is 0 Å². The van der Waals surface area contributed by atoms with E-state index in [1.54, 1.807) is 0 Å². The molecular weight excluding hydrogens is 380 g/mol. The molecule has 0 radical (unpaired) electrons. The minimum Gasteiger partial charge on any atom is -0.378 e. The highest BCUT2D eigenvalue weighted by atomic mass is 16.5. The van der Waals surface area contributed by atoms with E-state index in [-0.39, 0.29) is 5.91 Å². The zero-order chi connectivity index (χ0) is 20.8. The Balaban J connectivity index is 1.33. The molecule has 162 valence electrons. The van der Waals surface area contributed by atoms with Crippen LogP contribution in [0.5, 0.6) is 0 Å². The van der Waals surface area contributed by atoms with Crippen LogP contribution in [0.4, 0.5) is 5.69 Å². The van der Waals surface area contributed by atoms with Gasteiger partial charge in [0.25, 0.3) is 0 Å². The number of hydrogen-bond donors (Lipinski definition) is 1. The van der Waals surface area contributed by atoms with Gasteiger partial charge in [-0.25, -0.2) is 0 Å². The summed E-state index contributed by atoms with van der Waals surface area (Å²) in [5.41, 5.74) is 2.12. The van der Waals surface area contributed by atoms with E-state index in [0.717, 1.165) is 56.2 Å². The van der Waals surface area contributed by atoms with Crippen LogP contribution in [0.1, 0.15) is 24.3 Å². The monoisotopic (exact) mass is 412 g/mol. The third-order valence-corrected chi connectivity index (χ3v) is 6.23. The van der Waals surface area contributed by atoms with Crippen LogP contribution in [-0.2, 0) is 22.5 Å². The maximum atomic E-state index is 12.7. The Kier molecular flexibility index (Phi) is 7.02. The number of anilines is 1. The van der Waals surface area contributed by atoms with Crippen LogP contribution in [-0.4, -0.2) is 62.4 Å². The van der Waals surface area contributed by atoms with Gasteiger partial charge in [-0.05, 0) is 49.9 Å². The summed E-state index contributed by atoms with van der Waals surface area (Å²) >= 11 is 0. The summed E-state index contributed by atoms with van der Waals surface area (Å²) < 4.78 is 11.0. The van der Waals surface area contributed by atoms with Crippen molar-refractivity contribution in [2.24, 2.45) is 11.8 Å². The van der Waals surface area contributed by atoms with Gasteiger partial charge in [0, 0.05) is 38.3 Å². The number of amides is 1. The van der Waals surface area contributed by atoms with Crippen LogP contribution in [0.3, 0.4) is 0 Å². The summed E-state index contributed by atoms with van der Waals surface area (Å²) in [6.07, 6.45) is 2.49. The molecule has 0 saturated carbocycles. The predicted octanol–water partition coefficient (Wildman–Crippen LogP) is 2.33. The third-order valence-electron chi connectivity index (χ3n) is 6.23. The average molecular weight is 413 g/mol. The predicted molar refractivity (Wildman–Crippen MR) is 115 cm³/mol. The van der Waals surface area contributed by atoms with Gasteiger partial charge in [-0.1, -0.05) is 23.4 Å². The lowest BCUT2D eigenvalue weighted by Gasteiger charge is -2.34. The molecule has 2 aliphatic heterocycles. The molecule has 2 atom stereocenters. The molecule has 1 aromatic carbocycles. The zero-order valence-electron chi connectivity index (χ0n) is 17.8. The number of piperidine rings is 1. The first-order valence-corrected chi connectivity index (χ1v) is 11.0. The Bertz CT molecular complexity index is 804. The Labute approximate surface area is 178 Å². The summed E-state index contributed by atoms with van der Waals surface area (Å²) in [7, 11) is 2.05. The van der Waals surface area contributed by atoms with Crippen LogP contribution in [0, 0.1) is 11.8 Å². The van der Waals surface area contributed by atoms with E-state index in [1.807, 2.05) is 23.1 Å². The smallest absolute Gasteiger partial charge is 0.223 e. The molecule has 30 heavy (non-hydrogen) atoms. The molecular formula is C23H32N4O3. The number of carbonyl (C=O) groups excluding carboxylic acids is 1. The van der Waals surface area contributed by atoms with Gasteiger partial charge in [-0.2, -0.15) is 0 Å². The molecule has 2 aliphatic rings. The van der Waals surface area contributed by atoms with Crippen LogP contribution in [0.15, 0.2) is 40.9 Å². The molecule has 7 heteroatoms. The molecule has 0 aliphatic carbocycles. The van der Waals surface area contributed by atoms with Crippen LogP contribution in [0.2, 0.25) is 0 Å². The standard InChI is InChI=1S/C23H32N4O3/c1-26(21-5-3-2-4-6-21)17-22-15-20(25-30-22)13-19-16-24-8-7-18(19)14-23(28)27-9-11-29-12-10-27/h2-6,15,18-19,24H,7-14,16-17H2,1H3. The number of para-hydroxylation sites is 1. The van der Waals surface area contributed by atoms with E-state index < -0.39 is 0 Å². The number of hydrogen-bond acceptors (Lipinski definition) is 6. The number of ether oxygens (including phenoxy) is 1. The van der Waals surface area contributed by atoms with Gasteiger partial charge in [0.1, 0.15) is 0 Å². The van der Waals surface area contributed by atoms with Crippen molar-refractivity contribution < 1.29 is 14.1 Å². The summed E-state index contributed by atoms with van der Waals surface area (Å²) in [6, 6.07) is 12.3. The van der Waals surface area contributed by atoms with Gasteiger partial charge in [0.2, 0.25) is 5.91 Å². The van der Waals surface area contributed by atoms with E-state index in [1.165, 1.54) is 0 Å². The normalized spacial score (nSPS) is 22.1. The average Bonchev–Trinajstić information content (AvgIpc) is 3.23. The Morgan fingerprint density at radius 1 is 1.23 bits per heavy atom. The number of aromatic nitrogens is 1. The molecule has 7 nitrogen and oxygen atoms in total. The topological polar surface area (TPSA) is 70.8 Å². The summed E-state index contributed by atoms with van der Waals surface area (Å²) in [5.74, 6) is 1.91. The van der Waals surface area contributed by atoms with E-state index >= 15 is 0 Å². The maximum absolute atomic E-state index is 12.7. The second-order valence-corrected chi connectivity index (χ2v) is 8.39. The second-order valence-electron chi connectivity index (χ2n) is 8.39. The summed E-state index contributed by atoms with van der Waals surface area (Å²) in [4.78, 5) is 16.8. The maximum Gasteiger partial charge on any atom is 0.223 e. The van der Waals surface area contributed by atoms with Crippen molar-refractivity contribution in [2.75, 3.05) is 51.3 Å². The molecule has 1 aromatic heterocycles. The Morgan fingerprint density at radius 3 is 2.83 bits per heavy atom. The summed E-state index contributed by atoms with van der Waals surface area (Å²) in [6.45, 7) is 5.32. The van der Waals surface area contributed by atoms with Crippen LogP contribution < -0.4 is 10.2 Å². The Hall–Kier alpha value is -2.38. The molecule has 1 amide bonds. The molecule has 2 fully saturated rings. The van der Waals surface area contributed by atoms with Gasteiger partial charge >= 0.3 is 0 Å². The number of carbonyl (C=O) groups is 1. The van der Waals surface area contributed by atoms with E-state index in [9.17, 15) is 4.79 Å². The fraction of sp³-hybridized carbons (Fsp3) is 0.565. The molecule has 2 aromatic rings. The highest BCUT2D eigenvalue weighted by Gasteiger charge is 2.30. The van der Waals surface area contributed by atoms with Gasteiger partial charge < -0.3 is 24.4 Å². The quantitative estimate of drug-likeness (QED) is 0.753. The minimum atomic E-state index is 0.264. The molecule has 2 unspecified atom stereocenters. The number of rotatable bonds is 7. The number of nitrogens with one attached hydrogen (secondary N) is 1. The number of nitrogens with zero attached hydrogens (tertiary/aromatic N) is 3. The van der Waals surface area contributed by atoms with E-state index in [0.29, 0.717) is 38.0 Å². The van der Waals surface area contributed by atoms with Crippen molar-refractivity contribution in [3.05, 3.63) is 47.9 Å². The molecule has 1 N–H and O–H groups in total. The highest BCUT2D eigenvalue weighted by Crippen LogP contribution is 2.27. The van der Waals surface area contributed by atoms with Crippen molar-refractivity contribution in [3.8, 4) is 0 Å². The second kappa shape index (κ2) is 10.1. The van der Waals surface area contributed by atoms with Crippen LogP contribution in [0.25, 0.3) is 0 Å². The first-order valence-electron chi connectivity index (χ1n) is 11.0. The lowest BCUT2D eigenvalue weighted by molar-refractivity contribution is -0.136. The molecule has 3 heterocycles. The first kappa shape index (κ1) is 20.9.